The molecular formula is C14H13FN4OS. The van der Waals surface area contributed by atoms with Crippen molar-refractivity contribution in [2.45, 2.75) is 17.2 Å². The minimum atomic E-state index is -0.365. The summed E-state index contributed by atoms with van der Waals surface area (Å²) in [7, 11) is 0. The maximum atomic E-state index is 13.9. The fraction of sp³-hybridized carbons (Fsp3) is 0.214. The fourth-order valence-electron chi connectivity index (χ4n) is 1.89. The second kappa shape index (κ2) is 5.79. The minimum absolute atomic E-state index is 0.0309. The summed E-state index contributed by atoms with van der Waals surface area (Å²) in [6.45, 7) is 1.97. The van der Waals surface area contributed by atoms with Crippen LogP contribution in [0.25, 0.3) is 17.0 Å². The molecule has 3 rings (SSSR count). The van der Waals surface area contributed by atoms with Crippen molar-refractivity contribution in [1.29, 1.82) is 0 Å². The number of aliphatic hydroxyl groups is 1. The van der Waals surface area contributed by atoms with E-state index in [4.69, 9.17) is 5.11 Å². The Labute approximate surface area is 124 Å². The quantitative estimate of drug-likeness (QED) is 0.750. The molecular weight excluding hydrogens is 291 g/mol. The molecule has 0 saturated heterocycles. The molecule has 0 bridgehead atoms. The number of benzene rings is 1. The van der Waals surface area contributed by atoms with E-state index in [0.29, 0.717) is 17.0 Å². The Morgan fingerprint density at radius 2 is 2.05 bits per heavy atom. The number of halogens is 1. The van der Waals surface area contributed by atoms with Crippen LogP contribution >= 0.6 is 11.8 Å². The zero-order chi connectivity index (χ0) is 14.8. The normalized spacial score (nSPS) is 12.7. The Balaban J connectivity index is 2.08. The highest BCUT2D eigenvalue weighted by Gasteiger charge is 2.14. The Morgan fingerprint density at radius 1 is 1.24 bits per heavy atom. The largest absolute Gasteiger partial charge is 0.395 e. The first-order valence-electron chi connectivity index (χ1n) is 6.44. The van der Waals surface area contributed by atoms with E-state index in [1.165, 1.54) is 22.3 Å². The van der Waals surface area contributed by atoms with Gasteiger partial charge < -0.3 is 5.11 Å². The number of aromatic nitrogens is 4. The van der Waals surface area contributed by atoms with Crippen molar-refractivity contribution < 1.29 is 9.50 Å². The van der Waals surface area contributed by atoms with Crippen LogP contribution in [0.2, 0.25) is 0 Å². The van der Waals surface area contributed by atoms with Crippen LogP contribution < -0.4 is 0 Å². The van der Waals surface area contributed by atoms with E-state index in [0.717, 1.165) is 5.03 Å². The van der Waals surface area contributed by atoms with E-state index >= 15 is 0 Å². The number of thioether (sulfide) groups is 1. The summed E-state index contributed by atoms with van der Waals surface area (Å²) in [5, 5.41) is 22.3. The van der Waals surface area contributed by atoms with Gasteiger partial charge in [-0.25, -0.2) is 4.39 Å². The van der Waals surface area contributed by atoms with Crippen LogP contribution in [0, 0.1) is 5.82 Å². The molecule has 108 valence electrons. The number of hydrogen-bond acceptors (Lipinski definition) is 5. The second-order valence-electron chi connectivity index (χ2n) is 4.56. The third-order valence-corrected chi connectivity index (χ3v) is 3.94. The third-order valence-electron chi connectivity index (χ3n) is 2.93. The molecule has 0 aliphatic rings. The molecule has 0 radical (unpaired) electrons. The average molecular weight is 304 g/mol. The number of hydrogen-bond donors (Lipinski definition) is 1. The Kier molecular flexibility index (Phi) is 3.85. The lowest BCUT2D eigenvalue weighted by molar-refractivity contribution is 0.300. The molecule has 2 heterocycles. The van der Waals surface area contributed by atoms with E-state index in [2.05, 4.69) is 15.3 Å². The first-order valence-corrected chi connectivity index (χ1v) is 7.32. The molecule has 5 nitrogen and oxygen atoms in total. The summed E-state index contributed by atoms with van der Waals surface area (Å²) >= 11 is 1.44. The van der Waals surface area contributed by atoms with Crippen molar-refractivity contribution in [3.63, 3.8) is 0 Å². The molecule has 0 fully saturated rings. The molecule has 0 amide bonds. The van der Waals surface area contributed by atoms with Gasteiger partial charge in [0.25, 0.3) is 0 Å². The van der Waals surface area contributed by atoms with E-state index in [1.807, 2.05) is 13.0 Å². The van der Waals surface area contributed by atoms with Crippen molar-refractivity contribution in [3.8, 4) is 11.4 Å². The van der Waals surface area contributed by atoms with Crippen LogP contribution in [-0.2, 0) is 0 Å². The van der Waals surface area contributed by atoms with Crippen LogP contribution in [0.4, 0.5) is 4.39 Å². The maximum absolute atomic E-state index is 13.9. The molecule has 1 N–H and O–H groups in total. The second-order valence-corrected chi connectivity index (χ2v) is 6.01. The van der Waals surface area contributed by atoms with Crippen molar-refractivity contribution >= 4 is 17.4 Å². The highest BCUT2D eigenvalue weighted by Crippen LogP contribution is 2.24. The zero-order valence-electron chi connectivity index (χ0n) is 11.3. The Hall–Kier alpha value is -1.99. The summed E-state index contributed by atoms with van der Waals surface area (Å²) in [6, 6.07) is 9.97. The molecule has 0 aliphatic carbocycles. The van der Waals surface area contributed by atoms with Gasteiger partial charge in [-0.3, -0.25) is 0 Å². The fourth-order valence-corrected chi connectivity index (χ4v) is 2.65. The third kappa shape index (κ3) is 2.74. The van der Waals surface area contributed by atoms with Gasteiger partial charge in [0.1, 0.15) is 10.8 Å². The van der Waals surface area contributed by atoms with E-state index < -0.39 is 0 Å². The summed E-state index contributed by atoms with van der Waals surface area (Å²) in [5.41, 5.74) is 0.907. The summed E-state index contributed by atoms with van der Waals surface area (Å²) in [5.74, 6) is -0.00224. The van der Waals surface area contributed by atoms with Gasteiger partial charge in [0, 0.05) is 5.25 Å². The van der Waals surface area contributed by atoms with Crippen LogP contribution in [0.15, 0.2) is 41.4 Å². The van der Waals surface area contributed by atoms with E-state index in [-0.39, 0.29) is 17.7 Å². The predicted octanol–water partition coefficient (Wildman–Crippen LogP) is 2.40. The number of fused-ring (bicyclic) bond motifs is 1. The summed E-state index contributed by atoms with van der Waals surface area (Å²) in [6.07, 6.45) is 0. The molecule has 3 aromatic rings. The highest BCUT2D eigenvalue weighted by molar-refractivity contribution is 7.99. The van der Waals surface area contributed by atoms with Crippen LogP contribution in [-0.4, -0.2) is 36.8 Å². The van der Waals surface area contributed by atoms with Gasteiger partial charge in [0.15, 0.2) is 11.5 Å². The first-order chi connectivity index (χ1) is 10.2. The monoisotopic (exact) mass is 304 g/mol. The van der Waals surface area contributed by atoms with Crippen LogP contribution in [0.5, 0.6) is 0 Å². The van der Waals surface area contributed by atoms with Crippen LogP contribution in [0.3, 0.4) is 0 Å². The minimum Gasteiger partial charge on any atom is -0.395 e. The topological polar surface area (TPSA) is 63.3 Å². The number of nitrogens with zero attached hydrogens (tertiary/aromatic N) is 4. The Morgan fingerprint density at radius 3 is 2.81 bits per heavy atom. The predicted molar refractivity (Wildman–Crippen MR) is 78.6 cm³/mol. The Bertz CT molecular complexity index is 777. The standard InChI is InChI=1S/C14H13FN4OS/c1-9(8-20)21-13-7-6-12-16-17-14(19(12)18-13)10-4-2-3-5-11(10)15/h2-7,9,20H,8H2,1H3. The smallest absolute Gasteiger partial charge is 0.188 e. The molecule has 21 heavy (non-hydrogen) atoms. The zero-order valence-corrected chi connectivity index (χ0v) is 12.1. The van der Waals surface area contributed by atoms with Gasteiger partial charge in [0.2, 0.25) is 0 Å². The van der Waals surface area contributed by atoms with Gasteiger partial charge in [-0.1, -0.05) is 30.8 Å². The maximum Gasteiger partial charge on any atom is 0.188 e. The molecule has 0 saturated carbocycles. The first kappa shape index (κ1) is 14.0. The van der Waals surface area contributed by atoms with Gasteiger partial charge in [-0.15, -0.1) is 10.2 Å². The molecule has 7 heteroatoms. The van der Waals surface area contributed by atoms with Crippen molar-refractivity contribution in [1.82, 2.24) is 19.8 Å². The van der Waals surface area contributed by atoms with Crippen molar-refractivity contribution in [2.75, 3.05) is 6.61 Å². The molecule has 0 spiro atoms. The lowest BCUT2D eigenvalue weighted by Gasteiger charge is -2.07. The number of rotatable bonds is 4. The van der Waals surface area contributed by atoms with E-state index in [1.54, 1.807) is 24.3 Å². The van der Waals surface area contributed by atoms with Gasteiger partial charge >= 0.3 is 0 Å². The van der Waals surface area contributed by atoms with Crippen LogP contribution in [0.1, 0.15) is 6.92 Å². The lowest BCUT2D eigenvalue weighted by atomic mass is 10.2. The number of aliphatic hydroxyl groups excluding tert-OH is 1. The van der Waals surface area contributed by atoms with Gasteiger partial charge in [0.05, 0.1) is 12.2 Å². The van der Waals surface area contributed by atoms with Crippen molar-refractivity contribution in [3.05, 3.63) is 42.2 Å². The summed E-state index contributed by atoms with van der Waals surface area (Å²) in [4.78, 5) is 0. The average Bonchev–Trinajstić information content (AvgIpc) is 2.90. The van der Waals surface area contributed by atoms with Gasteiger partial charge in [-0.2, -0.15) is 9.61 Å². The molecule has 2 aromatic heterocycles. The van der Waals surface area contributed by atoms with Gasteiger partial charge in [-0.05, 0) is 24.3 Å². The highest BCUT2D eigenvalue weighted by atomic mass is 32.2. The van der Waals surface area contributed by atoms with Crippen molar-refractivity contribution in [2.24, 2.45) is 0 Å². The SMILES string of the molecule is CC(CO)Sc1ccc2nnc(-c3ccccc3F)n2n1. The molecule has 1 aromatic carbocycles. The lowest BCUT2D eigenvalue weighted by Crippen LogP contribution is -2.04. The van der Waals surface area contributed by atoms with E-state index in [9.17, 15) is 4.39 Å². The molecule has 1 unspecified atom stereocenters. The molecule has 0 aliphatic heterocycles. The summed E-state index contributed by atoms with van der Waals surface area (Å²) < 4.78 is 15.4. The molecule has 1 atom stereocenters.